The number of ether oxygens (including phenoxy) is 1. The first kappa shape index (κ1) is 28.1. The molecule has 2 atom stereocenters. The van der Waals surface area contributed by atoms with E-state index in [1.807, 2.05) is 48.5 Å². The van der Waals surface area contributed by atoms with Crippen LogP contribution in [0, 0.1) is 28.9 Å². The Morgan fingerprint density at radius 3 is 2.24 bits per heavy atom. The summed E-state index contributed by atoms with van der Waals surface area (Å²) >= 11 is 0. The van der Waals surface area contributed by atoms with E-state index in [1.165, 1.54) is 12.1 Å². The molecule has 1 aliphatic heterocycles. The normalized spacial score (nSPS) is 22.6. The molecule has 0 unspecified atom stereocenters. The molecule has 0 spiro atoms. The molecule has 45 heavy (non-hydrogen) atoms. The molecule has 1 N–H and O–H groups in total. The van der Waals surface area contributed by atoms with Crippen LogP contribution < -0.4 is 15.1 Å². The van der Waals surface area contributed by atoms with Gasteiger partial charge in [0.05, 0.1) is 35.7 Å². The number of amides is 3. The van der Waals surface area contributed by atoms with Gasteiger partial charge in [0.2, 0.25) is 17.7 Å². The number of hydrogen-bond donors (Lipinski definition) is 1. The van der Waals surface area contributed by atoms with Crippen molar-refractivity contribution in [2.75, 3.05) is 12.0 Å². The van der Waals surface area contributed by atoms with E-state index in [0.717, 1.165) is 32.7 Å². The lowest BCUT2D eigenvalue weighted by Crippen LogP contribution is -2.54. The molecule has 0 aromatic heterocycles. The molecule has 3 amide bonds. The summed E-state index contributed by atoms with van der Waals surface area (Å²) in [6, 6.07) is 26.9. The van der Waals surface area contributed by atoms with Gasteiger partial charge in [-0.05, 0) is 58.5 Å². The highest BCUT2D eigenvalue weighted by atomic mass is 16.6. The fraction of sp³-hybridized carbons (Fsp3) is 0.200. The standard InChI is InChI=1S/C35H28N4O6/c1-20-11-16-27(28(17-20)39(43)44)38-33(41)31-30-23-7-3-5-9-25(23)35(32(31)34(38)42,26-10-6-4-8-24(26)30)19-36-37-29(40)18-21-12-14-22(45-2)15-13-21/h3-17,19,30-32H,18H2,1-2H3,(H,37,40)/b36-19-/t30?,31-,32-,35?/m0/s1. The number of nitrogens with zero attached hydrogens (tertiary/aromatic N) is 3. The zero-order chi connectivity index (χ0) is 31.5. The second-order valence-corrected chi connectivity index (χ2v) is 11.6. The van der Waals surface area contributed by atoms with Gasteiger partial charge >= 0.3 is 0 Å². The number of carbonyl (C=O) groups excluding carboxylic acids is 3. The van der Waals surface area contributed by atoms with E-state index in [2.05, 4.69) is 10.5 Å². The first-order chi connectivity index (χ1) is 21.8. The predicted octanol–water partition coefficient (Wildman–Crippen LogP) is 4.81. The van der Waals surface area contributed by atoms with Crippen LogP contribution in [0.3, 0.4) is 0 Å². The summed E-state index contributed by atoms with van der Waals surface area (Å²) in [7, 11) is 1.57. The summed E-state index contributed by atoms with van der Waals surface area (Å²) in [5, 5.41) is 16.5. The molecule has 1 heterocycles. The number of aryl methyl sites for hydroxylation is 1. The quantitative estimate of drug-likeness (QED) is 0.140. The van der Waals surface area contributed by atoms with Crippen molar-refractivity contribution >= 4 is 35.3 Å². The van der Waals surface area contributed by atoms with Crippen LogP contribution in [0.15, 0.2) is 96.1 Å². The molecule has 2 bridgehead atoms. The molecule has 4 aromatic carbocycles. The Balaban J connectivity index is 1.34. The van der Waals surface area contributed by atoms with E-state index in [-0.39, 0.29) is 23.7 Å². The Labute approximate surface area is 258 Å². The average molecular weight is 601 g/mol. The molecule has 10 heteroatoms. The molecule has 10 nitrogen and oxygen atoms in total. The maximum Gasteiger partial charge on any atom is 0.293 e. The Hall–Kier alpha value is -5.64. The highest BCUT2D eigenvalue weighted by Crippen LogP contribution is 2.64. The third kappa shape index (κ3) is 4.16. The predicted molar refractivity (Wildman–Crippen MR) is 166 cm³/mol. The van der Waals surface area contributed by atoms with Crippen LogP contribution in [0.4, 0.5) is 11.4 Å². The third-order valence-electron chi connectivity index (χ3n) is 9.23. The van der Waals surface area contributed by atoms with E-state index >= 15 is 0 Å². The third-order valence-corrected chi connectivity index (χ3v) is 9.23. The number of nitro groups is 1. The Morgan fingerprint density at radius 1 is 0.978 bits per heavy atom. The number of imide groups is 1. The van der Waals surface area contributed by atoms with Gasteiger partial charge < -0.3 is 4.74 Å². The monoisotopic (exact) mass is 600 g/mol. The number of anilines is 1. The lowest BCUT2D eigenvalue weighted by atomic mass is 9.47. The highest BCUT2D eigenvalue weighted by Gasteiger charge is 2.68. The largest absolute Gasteiger partial charge is 0.497 e. The summed E-state index contributed by atoms with van der Waals surface area (Å²) in [6.07, 6.45) is 1.64. The van der Waals surface area contributed by atoms with Crippen molar-refractivity contribution in [3.05, 3.63) is 134 Å². The lowest BCUT2D eigenvalue weighted by Gasteiger charge is -2.52. The van der Waals surface area contributed by atoms with Crippen molar-refractivity contribution in [3.63, 3.8) is 0 Å². The topological polar surface area (TPSA) is 131 Å². The van der Waals surface area contributed by atoms with Gasteiger partial charge in [0, 0.05) is 18.2 Å². The molecular formula is C35H28N4O6. The van der Waals surface area contributed by atoms with Crippen LogP contribution >= 0.6 is 0 Å². The van der Waals surface area contributed by atoms with E-state index < -0.39 is 39.9 Å². The number of nitrogens with one attached hydrogen (secondary N) is 1. The van der Waals surface area contributed by atoms with E-state index in [0.29, 0.717) is 11.3 Å². The number of carbonyl (C=O) groups is 3. The van der Waals surface area contributed by atoms with Gasteiger partial charge in [-0.3, -0.25) is 24.5 Å². The van der Waals surface area contributed by atoms with Gasteiger partial charge in [-0.2, -0.15) is 5.10 Å². The molecular weight excluding hydrogens is 572 g/mol. The van der Waals surface area contributed by atoms with Crippen molar-refractivity contribution in [2.45, 2.75) is 24.7 Å². The highest BCUT2D eigenvalue weighted by molar-refractivity contribution is 6.25. The smallest absolute Gasteiger partial charge is 0.293 e. The molecule has 8 rings (SSSR count). The van der Waals surface area contributed by atoms with Crippen LogP contribution in [0.25, 0.3) is 0 Å². The Bertz CT molecular complexity index is 1890. The molecule has 3 aliphatic carbocycles. The fourth-order valence-corrected chi connectivity index (χ4v) is 7.43. The minimum Gasteiger partial charge on any atom is -0.497 e. The Kier molecular flexibility index (Phi) is 6.58. The van der Waals surface area contributed by atoms with Gasteiger partial charge in [-0.15, -0.1) is 0 Å². The summed E-state index contributed by atoms with van der Waals surface area (Å²) in [5.41, 5.74) is 5.82. The molecule has 1 fully saturated rings. The fourth-order valence-electron chi connectivity index (χ4n) is 7.43. The van der Waals surface area contributed by atoms with Gasteiger partial charge in [-0.1, -0.05) is 66.7 Å². The summed E-state index contributed by atoms with van der Waals surface area (Å²) in [5.74, 6) is -2.92. The molecule has 0 saturated carbocycles. The molecule has 4 aromatic rings. The Morgan fingerprint density at radius 2 is 1.62 bits per heavy atom. The first-order valence-corrected chi connectivity index (χ1v) is 14.5. The zero-order valence-electron chi connectivity index (χ0n) is 24.5. The van der Waals surface area contributed by atoms with E-state index in [4.69, 9.17) is 4.74 Å². The number of nitro benzene ring substituents is 1. The van der Waals surface area contributed by atoms with Gasteiger partial charge in [0.15, 0.2) is 0 Å². The van der Waals surface area contributed by atoms with Crippen molar-refractivity contribution < 1.29 is 24.0 Å². The van der Waals surface area contributed by atoms with Crippen LogP contribution in [-0.2, 0) is 26.2 Å². The number of rotatable bonds is 7. The van der Waals surface area contributed by atoms with Crippen molar-refractivity contribution in [1.29, 1.82) is 0 Å². The maximum atomic E-state index is 14.5. The van der Waals surface area contributed by atoms with Crippen molar-refractivity contribution in [1.82, 2.24) is 5.43 Å². The number of benzene rings is 4. The van der Waals surface area contributed by atoms with Crippen LogP contribution in [-0.4, -0.2) is 36.0 Å². The van der Waals surface area contributed by atoms with Gasteiger partial charge in [0.1, 0.15) is 11.4 Å². The maximum absolute atomic E-state index is 14.5. The second-order valence-electron chi connectivity index (χ2n) is 11.6. The SMILES string of the molecule is COc1ccc(CC(=O)N/N=C\C23c4ccccc4C(c4ccccc42)[C@@H]2C(=O)N(c4ccc(C)cc4[N+](=O)[O-])C(=O)[C@H]23)cc1. The minimum atomic E-state index is -1.22. The van der Waals surface area contributed by atoms with E-state index in [9.17, 15) is 24.5 Å². The van der Waals surface area contributed by atoms with Gasteiger partial charge in [-0.25, -0.2) is 10.3 Å². The van der Waals surface area contributed by atoms with Crippen molar-refractivity contribution in [3.8, 4) is 5.75 Å². The summed E-state index contributed by atoms with van der Waals surface area (Å²) < 4.78 is 5.19. The minimum absolute atomic E-state index is 0.0533. The van der Waals surface area contributed by atoms with E-state index in [1.54, 1.807) is 50.6 Å². The van der Waals surface area contributed by atoms with Crippen LogP contribution in [0.2, 0.25) is 0 Å². The lowest BCUT2D eigenvalue weighted by molar-refractivity contribution is -0.384. The molecule has 0 radical (unpaired) electrons. The summed E-state index contributed by atoms with van der Waals surface area (Å²) in [6.45, 7) is 1.71. The molecule has 4 aliphatic rings. The first-order valence-electron chi connectivity index (χ1n) is 14.5. The number of hydrogen-bond acceptors (Lipinski definition) is 7. The van der Waals surface area contributed by atoms with Crippen LogP contribution in [0.5, 0.6) is 5.75 Å². The summed E-state index contributed by atoms with van der Waals surface area (Å²) in [4.78, 5) is 54.3. The van der Waals surface area contributed by atoms with Crippen LogP contribution in [0.1, 0.15) is 39.3 Å². The zero-order valence-corrected chi connectivity index (χ0v) is 24.5. The average Bonchev–Trinajstić information content (AvgIpc) is 3.32. The number of methoxy groups -OCH3 is 1. The number of hydrazone groups is 1. The molecule has 224 valence electrons. The molecule has 1 saturated heterocycles. The second kappa shape index (κ2) is 10.5. The van der Waals surface area contributed by atoms with Crippen molar-refractivity contribution in [2.24, 2.45) is 16.9 Å². The van der Waals surface area contributed by atoms with Gasteiger partial charge in [0.25, 0.3) is 5.69 Å².